The molecule has 3 heteroatoms. The van der Waals surface area contributed by atoms with Crippen molar-refractivity contribution in [2.45, 2.75) is 45.1 Å². The number of hydrogen-bond donors (Lipinski definition) is 1. The van der Waals surface area contributed by atoms with Gasteiger partial charge in [0.25, 0.3) is 0 Å². The third-order valence-electron chi connectivity index (χ3n) is 2.59. The SMILES string of the molecule is C/C=C/CCNC(=O)CCC1CCCO1. The second-order valence-electron chi connectivity index (χ2n) is 3.88. The summed E-state index contributed by atoms with van der Waals surface area (Å²) in [6.45, 7) is 3.60. The van der Waals surface area contributed by atoms with Crippen molar-refractivity contribution < 1.29 is 9.53 Å². The first-order valence-corrected chi connectivity index (χ1v) is 5.82. The van der Waals surface area contributed by atoms with Gasteiger partial charge in [-0.15, -0.1) is 0 Å². The maximum Gasteiger partial charge on any atom is 0.220 e. The highest BCUT2D eigenvalue weighted by Gasteiger charge is 2.16. The summed E-state index contributed by atoms with van der Waals surface area (Å²) in [5, 5.41) is 2.90. The van der Waals surface area contributed by atoms with Crippen molar-refractivity contribution in [3.05, 3.63) is 12.2 Å². The fraction of sp³-hybridized carbons (Fsp3) is 0.750. The largest absolute Gasteiger partial charge is 0.378 e. The number of carbonyl (C=O) groups excluding carboxylic acids is 1. The van der Waals surface area contributed by atoms with Crippen LogP contribution in [0.15, 0.2) is 12.2 Å². The summed E-state index contributed by atoms with van der Waals surface area (Å²) >= 11 is 0. The molecule has 3 nitrogen and oxygen atoms in total. The molecule has 1 aliphatic rings. The average molecular weight is 211 g/mol. The summed E-state index contributed by atoms with van der Waals surface area (Å²) in [7, 11) is 0. The molecule has 0 aromatic carbocycles. The zero-order chi connectivity index (χ0) is 10.9. The molecule has 0 aliphatic carbocycles. The summed E-state index contributed by atoms with van der Waals surface area (Å²) < 4.78 is 5.46. The van der Waals surface area contributed by atoms with Gasteiger partial charge in [-0.2, -0.15) is 0 Å². The van der Waals surface area contributed by atoms with Crippen LogP contribution in [-0.4, -0.2) is 25.2 Å². The molecule has 1 saturated heterocycles. The lowest BCUT2D eigenvalue weighted by molar-refractivity contribution is -0.121. The first-order chi connectivity index (χ1) is 7.33. The average Bonchev–Trinajstić information content (AvgIpc) is 2.74. The van der Waals surface area contributed by atoms with Crippen LogP contribution in [0.1, 0.15) is 39.0 Å². The third-order valence-corrected chi connectivity index (χ3v) is 2.59. The van der Waals surface area contributed by atoms with E-state index in [-0.39, 0.29) is 5.91 Å². The minimum Gasteiger partial charge on any atom is -0.378 e. The molecule has 0 bridgehead atoms. The summed E-state index contributed by atoms with van der Waals surface area (Å²) in [5.41, 5.74) is 0. The lowest BCUT2D eigenvalue weighted by atomic mass is 10.1. The Morgan fingerprint density at radius 3 is 3.13 bits per heavy atom. The van der Waals surface area contributed by atoms with E-state index >= 15 is 0 Å². The van der Waals surface area contributed by atoms with E-state index in [1.165, 1.54) is 0 Å². The van der Waals surface area contributed by atoms with Crippen LogP contribution in [0.3, 0.4) is 0 Å². The van der Waals surface area contributed by atoms with Crippen molar-refractivity contribution in [3.63, 3.8) is 0 Å². The number of carbonyl (C=O) groups is 1. The van der Waals surface area contributed by atoms with Gasteiger partial charge in [0.1, 0.15) is 0 Å². The molecule has 1 heterocycles. The molecule has 1 unspecified atom stereocenters. The molecule has 0 saturated carbocycles. The molecule has 1 fully saturated rings. The minimum atomic E-state index is 0.148. The van der Waals surface area contributed by atoms with Crippen LogP contribution >= 0.6 is 0 Å². The van der Waals surface area contributed by atoms with Gasteiger partial charge in [-0.1, -0.05) is 12.2 Å². The maximum atomic E-state index is 11.4. The summed E-state index contributed by atoms with van der Waals surface area (Å²) in [6.07, 6.45) is 9.03. The molecule has 1 rings (SSSR count). The smallest absolute Gasteiger partial charge is 0.220 e. The van der Waals surface area contributed by atoms with Crippen LogP contribution in [0.25, 0.3) is 0 Å². The van der Waals surface area contributed by atoms with Crippen LogP contribution < -0.4 is 5.32 Å². The second-order valence-corrected chi connectivity index (χ2v) is 3.88. The Morgan fingerprint density at radius 2 is 2.47 bits per heavy atom. The molecule has 0 spiro atoms. The first-order valence-electron chi connectivity index (χ1n) is 5.82. The van der Waals surface area contributed by atoms with E-state index in [1.54, 1.807) is 0 Å². The van der Waals surface area contributed by atoms with Crippen molar-refractivity contribution in [2.75, 3.05) is 13.2 Å². The van der Waals surface area contributed by atoms with Crippen LogP contribution in [0.5, 0.6) is 0 Å². The van der Waals surface area contributed by atoms with Crippen molar-refractivity contribution in [1.29, 1.82) is 0 Å². The lowest BCUT2D eigenvalue weighted by Gasteiger charge is -2.08. The molecule has 1 atom stereocenters. The molecule has 15 heavy (non-hydrogen) atoms. The van der Waals surface area contributed by atoms with E-state index in [0.29, 0.717) is 12.5 Å². The predicted molar refractivity (Wildman–Crippen MR) is 60.6 cm³/mol. The number of hydrogen-bond acceptors (Lipinski definition) is 2. The Balaban J connectivity index is 1.97. The van der Waals surface area contributed by atoms with E-state index < -0.39 is 0 Å². The standard InChI is InChI=1S/C12H21NO2/c1-2-3-4-9-13-12(14)8-7-11-6-5-10-15-11/h2-3,11H,4-10H2,1H3,(H,13,14)/b3-2+. The second kappa shape index (κ2) is 7.46. The van der Waals surface area contributed by atoms with Crippen LogP contribution in [0.2, 0.25) is 0 Å². The van der Waals surface area contributed by atoms with Crippen LogP contribution in [0.4, 0.5) is 0 Å². The van der Waals surface area contributed by atoms with Crippen molar-refractivity contribution in [2.24, 2.45) is 0 Å². The highest BCUT2D eigenvalue weighted by molar-refractivity contribution is 5.75. The minimum absolute atomic E-state index is 0.148. The Bertz CT molecular complexity index is 208. The van der Waals surface area contributed by atoms with Gasteiger partial charge in [-0.3, -0.25) is 4.79 Å². The Morgan fingerprint density at radius 1 is 1.60 bits per heavy atom. The first kappa shape index (κ1) is 12.2. The molecule has 1 N–H and O–H groups in total. The number of ether oxygens (including phenoxy) is 1. The molecule has 0 radical (unpaired) electrons. The normalized spacial score (nSPS) is 21.0. The van der Waals surface area contributed by atoms with Gasteiger partial charge in [0.05, 0.1) is 6.10 Å². The third kappa shape index (κ3) is 5.57. The maximum absolute atomic E-state index is 11.4. The van der Waals surface area contributed by atoms with Gasteiger partial charge in [0.15, 0.2) is 0 Å². The van der Waals surface area contributed by atoms with E-state index in [9.17, 15) is 4.79 Å². The number of allylic oxidation sites excluding steroid dienone is 1. The van der Waals surface area contributed by atoms with E-state index in [2.05, 4.69) is 11.4 Å². The van der Waals surface area contributed by atoms with E-state index in [1.807, 2.05) is 13.0 Å². The Labute approximate surface area is 91.9 Å². The van der Waals surface area contributed by atoms with E-state index in [4.69, 9.17) is 4.74 Å². The molecular formula is C12H21NO2. The zero-order valence-electron chi connectivity index (χ0n) is 9.50. The van der Waals surface area contributed by atoms with Gasteiger partial charge >= 0.3 is 0 Å². The number of nitrogens with one attached hydrogen (secondary N) is 1. The number of amides is 1. The molecule has 86 valence electrons. The molecule has 1 aliphatic heterocycles. The van der Waals surface area contributed by atoms with Gasteiger partial charge in [-0.05, 0) is 32.6 Å². The van der Waals surface area contributed by atoms with Gasteiger partial charge in [-0.25, -0.2) is 0 Å². The van der Waals surface area contributed by atoms with Crippen LogP contribution in [-0.2, 0) is 9.53 Å². The summed E-state index contributed by atoms with van der Waals surface area (Å²) in [5.74, 6) is 0.148. The zero-order valence-corrected chi connectivity index (χ0v) is 9.50. The molecule has 0 aromatic heterocycles. The van der Waals surface area contributed by atoms with Gasteiger partial charge in [0, 0.05) is 19.6 Å². The highest BCUT2D eigenvalue weighted by atomic mass is 16.5. The molecule has 0 aromatic rings. The predicted octanol–water partition coefficient (Wildman–Crippen LogP) is 2.03. The highest BCUT2D eigenvalue weighted by Crippen LogP contribution is 2.16. The summed E-state index contributed by atoms with van der Waals surface area (Å²) in [4.78, 5) is 11.4. The van der Waals surface area contributed by atoms with Crippen molar-refractivity contribution in [1.82, 2.24) is 5.32 Å². The molecular weight excluding hydrogens is 190 g/mol. The Kier molecular flexibility index (Phi) is 6.09. The molecule has 1 amide bonds. The van der Waals surface area contributed by atoms with Gasteiger partial charge in [0.2, 0.25) is 5.91 Å². The fourth-order valence-corrected chi connectivity index (χ4v) is 1.71. The van der Waals surface area contributed by atoms with Crippen LogP contribution in [0, 0.1) is 0 Å². The fourth-order valence-electron chi connectivity index (χ4n) is 1.71. The van der Waals surface area contributed by atoms with Crippen molar-refractivity contribution in [3.8, 4) is 0 Å². The van der Waals surface area contributed by atoms with E-state index in [0.717, 1.165) is 38.8 Å². The van der Waals surface area contributed by atoms with Crippen molar-refractivity contribution >= 4 is 5.91 Å². The Hall–Kier alpha value is -0.830. The number of rotatable bonds is 6. The topological polar surface area (TPSA) is 38.3 Å². The lowest BCUT2D eigenvalue weighted by Crippen LogP contribution is -2.25. The summed E-state index contributed by atoms with van der Waals surface area (Å²) in [6, 6.07) is 0. The quantitative estimate of drug-likeness (QED) is 0.539. The van der Waals surface area contributed by atoms with Gasteiger partial charge < -0.3 is 10.1 Å². The monoisotopic (exact) mass is 211 g/mol.